The lowest BCUT2D eigenvalue weighted by Gasteiger charge is -2.36. The Hall–Kier alpha value is -2.50. The molecule has 1 aromatic rings. The Balaban J connectivity index is 1.30. The standard InChI is InChI=1S/C26H40N6O4S/c1-3-36-26(34)32-14-12-30(13-15-32)24(33)22-5-4-20(2)28-23(22)21-6-9-31(10-7-21)25(37)27-8-11-29-16-18-35-19-17-29/h4-5,21H,3,6-19H2,1-2H3,(H,27,37). The van der Waals surface area contributed by atoms with Crippen molar-refractivity contribution in [2.45, 2.75) is 32.6 Å². The molecule has 0 atom stereocenters. The fourth-order valence-electron chi connectivity index (χ4n) is 5.16. The summed E-state index contributed by atoms with van der Waals surface area (Å²) < 4.78 is 10.5. The third-order valence-corrected chi connectivity index (χ3v) is 7.77. The minimum absolute atomic E-state index is 0.00580. The molecular weight excluding hydrogens is 492 g/mol. The van der Waals surface area contributed by atoms with Crippen molar-refractivity contribution < 1.29 is 19.1 Å². The first-order valence-electron chi connectivity index (χ1n) is 13.5. The molecule has 1 N–H and O–H groups in total. The highest BCUT2D eigenvalue weighted by Gasteiger charge is 2.31. The molecule has 0 aromatic carbocycles. The average molecular weight is 533 g/mol. The van der Waals surface area contributed by atoms with Crippen molar-refractivity contribution in [3.8, 4) is 0 Å². The van der Waals surface area contributed by atoms with Crippen LogP contribution in [0.3, 0.4) is 0 Å². The fourth-order valence-corrected chi connectivity index (χ4v) is 5.44. The zero-order valence-corrected chi connectivity index (χ0v) is 22.9. The van der Waals surface area contributed by atoms with Crippen LogP contribution >= 0.6 is 12.2 Å². The van der Waals surface area contributed by atoms with E-state index in [-0.39, 0.29) is 17.9 Å². The number of aromatic nitrogens is 1. The van der Waals surface area contributed by atoms with Crippen molar-refractivity contribution >= 4 is 29.3 Å². The number of carbonyl (C=O) groups excluding carboxylic acids is 2. The number of piperidine rings is 1. The first kappa shape index (κ1) is 27.5. The summed E-state index contributed by atoms with van der Waals surface area (Å²) in [6.07, 6.45) is 1.49. The van der Waals surface area contributed by atoms with E-state index < -0.39 is 0 Å². The Kier molecular flexibility index (Phi) is 9.93. The lowest BCUT2D eigenvalue weighted by atomic mass is 9.89. The normalized spacial score (nSPS) is 19.6. The number of aryl methyl sites for hydroxylation is 1. The van der Waals surface area contributed by atoms with Gasteiger partial charge in [-0.25, -0.2) is 4.79 Å². The number of hydrogen-bond donors (Lipinski definition) is 1. The fraction of sp³-hybridized carbons (Fsp3) is 0.692. The van der Waals surface area contributed by atoms with Crippen molar-refractivity contribution in [1.29, 1.82) is 0 Å². The van der Waals surface area contributed by atoms with Crippen molar-refractivity contribution in [2.24, 2.45) is 0 Å². The SMILES string of the molecule is CCOC(=O)N1CCN(C(=O)c2ccc(C)nc2C2CCN(C(=S)NCCN3CCOCC3)CC2)CC1. The summed E-state index contributed by atoms with van der Waals surface area (Å²) in [5.41, 5.74) is 2.49. The van der Waals surface area contributed by atoms with Gasteiger partial charge < -0.3 is 29.5 Å². The van der Waals surface area contributed by atoms with Crippen molar-refractivity contribution in [1.82, 2.24) is 29.9 Å². The lowest BCUT2D eigenvalue weighted by molar-refractivity contribution is 0.0388. The third-order valence-electron chi connectivity index (χ3n) is 7.36. The zero-order valence-electron chi connectivity index (χ0n) is 22.1. The largest absolute Gasteiger partial charge is 0.450 e. The number of likely N-dealkylation sites (tertiary alicyclic amines) is 1. The van der Waals surface area contributed by atoms with Gasteiger partial charge in [0.05, 0.1) is 31.1 Å². The van der Waals surface area contributed by atoms with Crippen LogP contribution < -0.4 is 5.32 Å². The predicted molar refractivity (Wildman–Crippen MR) is 145 cm³/mol. The molecule has 3 aliphatic rings. The van der Waals surface area contributed by atoms with E-state index in [2.05, 4.69) is 15.1 Å². The van der Waals surface area contributed by atoms with Crippen molar-refractivity contribution in [2.75, 3.05) is 85.3 Å². The van der Waals surface area contributed by atoms with E-state index in [9.17, 15) is 9.59 Å². The van der Waals surface area contributed by atoms with Gasteiger partial charge >= 0.3 is 6.09 Å². The monoisotopic (exact) mass is 532 g/mol. The van der Waals surface area contributed by atoms with Gasteiger partial charge in [-0.05, 0) is 51.0 Å². The lowest BCUT2D eigenvalue weighted by Crippen LogP contribution is -2.51. The molecule has 1 aromatic heterocycles. The quantitative estimate of drug-likeness (QED) is 0.550. The summed E-state index contributed by atoms with van der Waals surface area (Å²) in [6, 6.07) is 3.83. The van der Waals surface area contributed by atoms with E-state index in [1.54, 1.807) is 11.8 Å². The van der Waals surface area contributed by atoms with Gasteiger partial charge in [0.25, 0.3) is 5.91 Å². The molecule has 0 saturated carbocycles. The molecule has 0 bridgehead atoms. The van der Waals surface area contributed by atoms with Gasteiger partial charge in [-0.3, -0.25) is 14.7 Å². The van der Waals surface area contributed by atoms with Crippen LogP contribution in [0.5, 0.6) is 0 Å². The van der Waals surface area contributed by atoms with Crippen LogP contribution in [0.1, 0.15) is 47.4 Å². The maximum atomic E-state index is 13.5. The minimum Gasteiger partial charge on any atom is -0.450 e. The van der Waals surface area contributed by atoms with E-state index >= 15 is 0 Å². The molecule has 0 unspecified atom stereocenters. The molecular formula is C26H40N6O4S. The number of amides is 2. The highest BCUT2D eigenvalue weighted by Crippen LogP contribution is 2.30. The highest BCUT2D eigenvalue weighted by atomic mass is 32.1. The smallest absolute Gasteiger partial charge is 0.409 e. The van der Waals surface area contributed by atoms with Gasteiger partial charge in [-0.1, -0.05) is 0 Å². The Morgan fingerprint density at radius 2 is 1.70 bits per heavy atom. The van der Waals surface area contributed by atoms with Gasteiger partial charge in [-0.15, -0.1) is 0 Å². The van der Waals surface area contributed by atoms with Crippen LogP contribution in [0.4, 0.5) is 4.79 Å². The summed E-state index contributed by atoms with van der Waals surface area (Å²) in [5.74, 6) is 0.209. The number of nitrogens with one attached hydrogen (secondary N) is 1. The van der Waals surface area contributed by atoms with E-state index in [0.717, 1.165) is 81.8 Å². The second-order valence-corrected chi connectivity index (χ2v) is 10.2. The summed E-state index contributed by atoms with van der Waals surface area (Å²) in [4.78, 5) is 38.5. The second kappa shape index (κ2) is 13.3. The maximum Gasteiger partial charge on any atom is 0.409 e. The molecule has 10 nitrogen and oxygen atoms in total. The van der Waals surface area contributed by atoms with Gasteiger partial charge in [0.1, 0.15) is 0 Å². The number of hydrogen-bond acceptors (Lipinski definition) is 7. The molecule has 0 spiro atoms. The number of nitrogens with zero attached hydrogens (tertiary/aromatic N) is 5. The predicted octanol–water partition coefficient (Wildman–Crippen LogP) is 1.69. The molecule has 37 heavy (non-hydrogen) atoms. The van der Waals surface area contributed by atoms with Crippen LogP contribution in [0, 0.1) is 6.92 Å². The van der Waals surface area contributed by atoms with Crippen LogP contribution in [-0.4, -0.2) is 127 Å². The van der Waals surface area contributed by atoms with Crippen LogP contribution in [0.2, 0.25) is 0 Å². The van der Waals surface area contributed by atoms with Gasteiger partial charge in [0.2, 0.25) is 0 Å². The van der Waals surface area contributed by atoms with Gasteiger partial charge in [0, 0.05) is 77.1 Å². The molecule has 0 aliphatic carbocycles. The first-order chi connectivity index (χ1) is 18.0. The molecule has 3 aliphatic heterocycles. The molecule has 3 fully saturated rings. The summed E-state index contributed by atoms with van der Waals surface area (Å²) in [5, 5.41) is 4.22. The van der Waals surface area contributed by atoms with E-state index in [1.165, 1.54) is 0 Å². The molecule has 3 saturated heterocycles. The summed E-state index contributed by atoms with van der Waals surface area (Å²) >= 11 is 5.67. The molecule has 2 amide bonds. The topological polar surface area (TPSA) is 90.5 Å². The Morgan fingerprint density at radius 1 is 1.03 bits per heavy atom. The van der Waals surface area contributed by atoms with E-state index in [0.29, 0.717) is 38.3 Å². The first-order valence-corrected chi connectivity index (χ1v) is 13.9. The third kappa shape index (κ3) is 7.30. The maximum absolute atomic E-state index is 13.5. The number of pyridine rings is 1. The molecule has 0 radical (unpaired) electrons. The molecule has 11 heteroatoms. The Morgan fingerprint density at radius 3 is 2.38 bits per heavy atom. The highest BCUT2D eigenvalue weighted by molar-refractivity contribution is 7.80. The minimum atomic E-state index is -0.312. The Bertz CT molecular complexity index is 941. The van der Waals surface area contributed by atoms with Gasteiger partial charge in [0.15, 0.2) is 5.11 Å². The number of thiocarbonyl (C=S) groups is 1. The van der Waals surface area contributed by atoms with Crippen LogP contribution in [0.25, 0.3) is 0 Å². The number of piperazine rings is 1. The van der Waals surface area contributed by atoms with Crippen molar-refractivity contribution in [3.63, 3.8) is 0 Å². The average Bonchev–Trinajstić information content (AvgIpc) is 2.93. The molecule has 4 heterocycles. The zero-order chi connectivity index (χ0) is 26.2. The van der Waals surface area contributed by atoms with Crippen LogP contribution in [0.15, 0.2) is 12.1 Å². The Labute approximate surface area is 225 Å². The van der Waals surface area contributed by atoms with E-state index in [1.807, 2.05) is 24.0 Å². The summed E-state index contributed by atoms with van der Waals surface area (Å²) in [6.45, 7) is 13.1. The number of rotatable bonds is 6. The summed E-state index contributed by atoms with van der Waals surface area (Å²) in [7, 11) is 0. The molecule has 204 valence electrons. The number of morpholine rings is 1. The number of carbonyl (C=O) groups is 2. The molecule has 4 rings (SSSR count). The van der Waals surface area contributed by atoms with Crippen LogP contribution in [-0.2, 0) is 9.47 Å². The van der Waals surface area contributed by atoms with Crippen molar-refractivity contribution in [3.05, 3.63) is 29.1 Å². The van der Waals surface area contributed by atoms with E-state index in [4.69, 9.17) is 26.7 Å². The van der Waals surface area contributed by atoms with Gasteiger partial charge in [-0.2, -0.15) is 0 Å². The number of ether oxygens (including phenoxy) is 2. The second-order valence-electron chi connectivity index (χ2n) is 9.81.